The highest BCUT2D eigenvalue weighted by molar-refractivity contribution is 5.99. The van der Waals surface area contributed by atoms with Crippen molar-refractivity contribution in [3.8, 4) is 0 Å². The lowest BCUT2D eigenvalue weighted by atomic mass is 10.1. The van der Waals surface area contributed by atoms with Gasteiger partial charge in [-0.05, 0) is 18.6 Å². The third-order valence-electron chi connectivity index (χ3n) is 2.81. The van der Waals surface area contributed by atoms with Crippen LogP contribution in [0.1, 0.15) is 23.7 Å². The molecular weight excluding hydrogens is 285 g/mol. The molecule has 21 heavy (non-hydrogen) atoms. The minimum absolute atomic E-state index is 0.00144. The van der Waals surface area contributed by atoms with Gasteiger partial charge >= 0.3 is 0 Å². The fraction of sp³-hybridized carbons (Fsp3) is 0.500. The van der Waals surface area contributed by atoms with Gasteiger partial charge in [-0.25, -0.2) is 13.2 Å². The van der Waals surface area contributed by atoms with E-state index in [1.54, 1.807) is 0 Å². The fourth-order valence-corrected chi connectivity index (χ4v) is 1.87. The van der Waals surface area contributed by atoms with Gasteiger partial charge in [0.25, 0.3) is 12.3 Å². The first-order chi connectivity index (χ1) is 10.0. The number of carbonyl (C=O) groups is 1. The number of para-hydroxylation sites is 1. The van der Waals surface area contributed by atoms with E-state index < -0.39 is 31.3 Å². The highest BCUT2D eigenvalue weighted by Crippen LogP contribution is 2.22. The Morgan fingerprint density at radius 2 is 2.14 bits per heavy atom. The molecule has 0 bridgehead atoms. The van der Waals surface area contributed by atoms with Gasteiger partial charge in [-0.2, -0.15) is 0 Å². The Bertz CT molecular complexity index is 470. The molecule has 1 rings (SSSR count). The van der Waals surface area contributed by atoms with E-state index >= 15 is 0 Å². The third kappa shape index (κ3) is 4.93. The van der Waals surface area contributed by atoms with Crippen LogP contribution in [0.2, 0.25) is 0 Å². The summed E-state index contributed by atoms with van der Waals surface area (Å²) < 4.78 is 38.8. The topological polar surface area (TPSA) is 52.6 Å². The van der Waals surface area contributed by atoms with Gasteiger partial charge in [-0.15, -0.1) is 0 Å². The van der Waals surface area contributed by atoms with Gasteiger partial charge in [0.15, 0.2) is 0 Å². The zero-order valence-corrected chi connectivity index (χ0v) is 11.8. The summed E-state index contributed by atoms with van der Waals surface area (Å²) in [6.07, 6.45) is -2.00. The summed E-state index contributed by atoms with van der Waals surface area (Å²) in [5, 5.41) is 11.7. The van der Waals surface area contributed by atoms with Crippen molar-refractivity contribution < 1.29 is 23.1 Å². The number of rotatable bonds is 8. The molecule has 0 aromatic heterocycles. The number of nitrogens with one attached hydrogen (secondary N) is 1. The number of benzene rings is 1. The number of amides is 1. The van der Waals surface area contributed by atoms with Crippen LogP contribution >= 0.6 is 0 Å². The van der Waals surface area contributed by atoms with Gasteiger partial charge in [0.05, 0.1) is 24.4 Å². The second-order valence-corrected chi connectivity index (χ2v) is 4.46. The van der Waals surface area contributed by atoms with Crippen LogP contribution in [0.5, 0.6) is 0 Å². The molecule has 0 aliphatic heterocycles. The molecule has 0 heterocycles. The first-order valence-corrected chi connectivity index (χ1v) is 6.71. The Morgan fingerprint density at radius 1 is 1.43 bits per heavy atom. The van der Waals surface area contributed by atoms with E-state index in [1.807, 2.05) is 6.92 Å². The van der Waals surface area contributed by atoms with E-state index in [2.05, 4.69) is 5.32 Å². The summed E-state index contributed by atoms with van der Waals surface area (Å²) in [6.45, 7) is 0.863. The number of aliphatic hydroxyl groups is 1. The summed E-state index contributed by atoms with van der Waals surface area (Å²) in [5.41, 5.74) is -0.0147. The molecule has 0 radical (unpaired) electrons. The minimum Gasteiger partial charge on any atom is -0.395 e. The second kappa shape index (κ2) is 8.51. The lowest BCUT2D eigenvalue weighted by molar-refractivity contribution is 0.0509. The van der Waals surface area contributed by atoms with E-state index in [9.17, 15) is 18.0 Å². The molecule has 7 heteroatoms. The van der Waals surface area contributed by atoms with Crippen molar-refractivity contribution in [3.63, 3.8) is 0 Å². The van der Waals surface area contributed by atoms with Crippen LogP contribution in [0, 0.1) is 5.82 Å². The monoisotopic (exact) mass is 304 g/mol. The largest absolute Gasteiger partial charge is 0.395 e. The van der Waals surface area contributed by atoms with Gasteiger partial charge in [-0.1, -0.05) is 13.0 Å². The van der Waals surface area contributed by atoms with Gasteiger partial charge in [0.2, 0.25) is 0 Å². The number of alkyl halides is 2. The van der Waals surface area contributed by atoms with Crippen molar-refractivity contribution in [1.29, 1.82) is 0 Å². The number of anilines is 1. The molecule has 1 amide bonds. The zero-order chi connectivity index (χ0) is 15.8. The molecule has 118 valence electrons. The smallest absolute Gasteiger partial charge is 0.256 e. The molecule has 2 N–H and O–H groups in total. The summed E-state index contributed by atoms with van der Waals surface area (Å²) in [5.74, 6) is -1.35. The van der Waals surface area contributed by atoms with E-state index in [1.165, 1.54) is 18.2 Å². The number of hydrogen-bond donors (Lipinski definition) is 2. The van der Waals surface area contributed by atoms with Gasteiger partial charge in [-0.3, -0.25) is 4.79 Å². The fourth-order valence-electron chi connectivity index (χ4n) is 1.87. The summed E-state index contributed by atoms with van der Waals surface area (Å²) >= 11 is 0. The van der Waals surface area contributed by atoms with Crippen molar-refractivity contribution >= 4 is 11.6 Å². The average molecular weight is 304 g/mol. The quantitative estimate of drug-likeness (QED) is 0.775. The maximum atomic E-state index is 13.8. The highest BCUT2D eigenvalue weighted by atomic mass is 19.3. The zero-order valence-electron chi connectivity index (χ0n) is 11.8. The summed E-state index contributed by atoms with van der Waals surface area (Å²) in [7, 11) is 0. The molecule has 0 atom stereocenters. The lowest BCUT2D eigenvalue weighted by Crippen LogP contribution is -2.37. The van der Waals surface area contributed by atoms with Crippen molar-refractivity contribution in [2.75, 3.05) is 31.6 Å². The van der Waals surface area contributed by atoms with Crippen LogP contribution in [0.4, 0.5) is 18.9 Å². The first-order valence-electron chi connectivity index (χ1n) is 6.71. The van der Waals surface area contributed by atoms with E-state index in [0.717, 1.165) is 11.3 Å². The molecule has 1 aromatic carbocycles. The third-order valence-corrected chi connectivity index (χ3v) is 2.81. The van der Waals surface area contributed by atoms with Crippen molar-refractivity contribution in [2.45, 2.75) is 19.8 Å². The first kappa shape index (κ1) is 17.3. The number of hydrogen-bond acceptors (Lipinski definition) is 3. The number of carbonyl (C=O) groups excluding carboxylic acids is 1. The lowest BCUT2D eigenvalue weighted by Gasteiger charge is -2.23. The molecule has 0 aliphatic rings. The second-order valence-electron chi connectivity index (χ2n) is 4.46. The molecular formula is C14H19F3N2O2. The Morgan fingerprint density at radius 3 is 2.71 bits per heavy atom. The molecule has 4 nitrogen and oxygen atoms in total. The molecule has 0 unspecified atom stereocenters. The maximum Gasteiger partial charge on any atom is 0.256 e. The number of aliphatic hydroxyl groups excluding tert-OH is 1. The van der Waals surface area contributed by atoms with Gasteiger partial charge < -0.3 is 15.3 Å². The Kier molecular flexibility index (Phi) is 7.01. The Labute approximate surface area is 121 Å². The van der Waals surface area contributed by atoms with Crippen molar-refractivity contribution in [2.24, 2.45) is 0 Å². The van der Waals surface area contributed by atoms with Crippen LogP contribution in [0.25, 0.3) is 0 Å². The Hall–Kier alpha value is -1.76. The van der Waals surface area contributed by atoms with Crippen LogP contribution in [0.15, 0.2) is 18.2 Å². The van der Waals surface area contributed by atoms with Crippen LogP contribution < -0.4 is 5.32 Å². The van der Waals surface area contributed by atoms with E-state index in [-0.39, 0.29) is 17.8 Å². The molecule has 0 saturated heterocycles. The van der Waals surface area contributed by atoms with E-state index in [4.69, 9.17) is 5.11 Å². The SMILES string of the molecule is CCCNc1c(F)cccc1C(=O)N(CCO)CC(F)F. The number of halogens is 3. The van der Waals surface area contributed by atoms with E-state index in [0.29, 0.717) is 6.54 Å². The Balaban J connectivity index is 3.05. The summed E-state index contributed by atoms with van der Waals surface area (Å²) in [4.78, 5) is 13.1. The maximum absolute atomic E-state index is 13.8. The normalized spacial score (nSPS) is 10.8. The highest BCUT2D eigenvalue weighted by Gasteiger charge is 2.23. The number of nitrogens with zero attached hydrogens (tertiary/aromatic N) is 1. The molecule has 0 fully saturated rings. The van der Waals surface area contributed by atoms with Crippen molar-refractivity contribution in [3.05, 3.63) is 29.6 Å². The summed E-state index contributed by atoms with van der Waals surface area (Å²) in [6, 6.07) is 3.91. The van der Waals surface area contributed by atoms with Gasteiger partial charge in [0.1, 0.15) is 5.82 Å². The average Bonchev–Trinajstić information content (AvgIpc) is 2.44. The van der Waals surface area contributed by atoms with Crippen LogP contribution in [-0.2, 0) is 0 Å². The van der Waals surface area contributed by atoms with Crippen LogP contribution in [0.3, 0.4) is 0 Å². The molecule has 0 saturated carbocycles. The van der Waals surface area contributed by atoms with Gasteiger partial charge in [0, 0.05) is 13.1 Å². The van der Waals surface area contributed by atoms with Crippen LogP contribution in [-0.4, -0.2) is 48.6 Å². The standard InChI is InChI=1S/C14H19F3N2O2/c1-2-6-18-13-10(4-3-5-11(13)15)14(21)19(7-8-20)9-12(16)17/h3-5,12,18,20H,2,6-9H2,1H3. The predicted molar refractivity (Wildman–Crippen MR) is 74.2 cm³/mol. The molecule has 1 aromatic rings. The predicted octanol–water partition coefficient (Wildman–Crippen LogP) is 2.35. The molecule has 0 aliphatic carbocycles. The van der Waals surface area contributed by atoms with Crippen molar-refractivity contribution in [1.82, 2.24) is 4.90 Å². The minimum atomic E-state index is -2.72. The molecule has 0 spiro atoms.